The summed E-state index contributed by atoms with van der Waals surface area (Å²) in [6.07, 6.45) is 5.43. The average Bonchev–Trinajstić information content (AvgIpc) is 2.71. The van der Waals surface area contributed by atoms with Crippen molar-refractivity contribution >= 4 is 15.6 Å². The van der Waals surface area contributed by atoms with Crippen LogP contribution in [0.4, 0.5) is 0 Å². The van der Waals surface area contributed by atoms with Gasteiger partial charge in [-0.25, -0.2) is 8.42 Å². The first kappa shape index (κ1) is 12.6. The fourth-order valence-corrected chi connectivity index (χ4v) is 5.10. The van der Waals surface area contributed by atoms with Gasteiger partial charge in [0.15, 0.2) is 9.84 Å². The Labute approximate surface area is 113 Å². The van der Waals surface area contributed by atoms with Crippen LogP contribution in [0.3, 0.4) is 0 Å². The largest absolute Gasteiger partial charge is 0.299 e. The van der Waals surface area contributed by atoms with Crippen LogP contribution in [0.2, 0.25) is 0 Å². The molecule has 0 radical (unpaired) electrons. The maximum Gasteiger partial charge on any atom is 0.181 e. The normalized spacial score (nSPS) is 30.3. The zero-order valence-electron chi connectivity index (χ0n) is 10.5. The first-order valence-electron chi connectivity index (χ1n) is 6.59. The Kier molecular flexibility index (Phi) is 3.05. The maximum absolute atomic E-state index is 12.7. The number of hydrogen-bond donors (Lipinski definition) is 0. The third-order valence-corrected chi connectivity index (χ3v) is 6.43. The van der Waals surface area contributed by atoms with Gasteiger partial charge in [-0.1, -0.05) is 30.4 Å². The lowest BCUT2D eigenvalue weighted by Gasteiger charge is -2.27. The van der Waals surface area contributed by atoms with E-state index in [1.165, 1.54) is 0 Å². The van der Waals surface area contributed by atoms with Crippen LogP contribution in [0.25, 0.3) is 0 Å². The van der Waals surface area contributed by atoms with Crippen LogP contribution in [0, 0.1) is 11.8 Å². The number of carbonyl (C=O) groups is 1. The quantitative estimate of drug-likeness (QED) is 0.779. The molecule has 1 fully saturated rings. The van der Waals surface area contributed by atoms with E-state index >= 15 is 0 Å². The number of sulfone groups is 1. The Balaban J connectivity index is 1.99. The number of rotatable bonds is 2. The summed E-state index contributed by atoms with van der Waals surface area (Å²) in [5, 5.41) is -0.448. The van der Waals surface area contributed by atoms with E-state index in [9.17, 15) is 13.2 Å². The van der Waals surface area contributed by atoms with E-state index in [1.54, 1.807) is 24.3 Å². The van der Waals surface area contributed by atoms with Gasteiger partial charge in [-0.3, -0.25) is 4.79 Å². The van der Waals surface area contributed by atoms with Crippen LogP contribution in [0.5, 0.6) is 0 Å². The minimum absolute atomic E-state index is 0.0205. The molecule has 0 heterocycles. The van der Waals surface area contributed by atoms with Gasteiger partial charge in [0.1, 0.15) is 5.78 Å². The van der Waals surface area contributed by atoms with E-state index in [2.05, 4.69) is 0 Å². The maximum atomic E-state index is 12.7. The van der Waals surface area contributed by atoms with Crippen molar-refractivity contribution in [3.05, 3.63) is 42.5 Å². The monoisotopic (exact) mass is 276 g/mol. The number of fused-ring (bicyclic) bond motifs is 3. The molecule has 0 aromatic heterocycles. The molecule has 1 aromatic rings. The van der Waals surface area contributed by atoms with Gasteiger partial charge in [0.2, 0.25) is 0 Å². The predicted molar refractivity (Wildman–Crippen MR) is 72.4 cm³/mol. The molecule has 1 saturated carbocycles. The second kappa shape index (κ2) is 4.60. The van der Waals surface area contributed by atoms with Crippen molar-refractivity contribution in [2.75, 3.05) is 0 Å². The van der Waals surface area contributed by atoms with Crippen LogP contribution in [0.15, 0.2) is 47.4 Å². The van der Waals surface area contributed by atoms with Crippen LogP contribution < -0.4 is 0 Å². The Morgan fingerprint density at radius 2 is 1.79 bits per heavy atom. The zero-order valence-corrected chi connectivity index (χ0v) is 11.3. The van der Waals surface area contributed by atoms with Crippen LogP contribution in [-0.4, -0.2) is 19.5 Å². The van der Waals surface area contributed by atoms with E-state index in [4.69, 9.17) is 0 Å². The van der Waals surface area contributed by atoms with Gasteiger partial charge in [0, 0.05) is 12.3 Å². The highest BCUT2D eigenvalue weighted by molar-refractivity contribution is 7.92. The van der Waals surface area contributed by atoms with E-state index in [0.29, 0.717) is 24.2 Å². The Bertz CT molecular complexity index is 616. The van der Waals surface area contributed by atoms with Crippen LogP contribution in [-0.2, 0) is 14.6 Å². The molecule has 2 bridgehead atoms. The van der Waals surface area contributed by atoms with Crippen LogP contribution >= 0.6 is 0 Å². The number of carbonyl (C=O) groups excluding carboxylic acids is 1. The van der Waals surface area contributed by atoms with Crippen molar-refractivity contribution in [3.63, 3.8) is 0 Å². The number of benzene rings is 1. The topological polar surface area (TPSA) is 51.2 Å². The molecule has 3 aliphatic carbocycles. The molecule has 0 amide bonds. The highest BCUT2D eigenvalue weighted by Crippen LogP contribution is 2.38. The molecular formula is C15H16O3S. The van der Waals surface area contributed by atoms with E-state index in [0.717, 1.165) is 0 Å². The minimum atomic E-state index is -3.34. The lowest BCUT2D eigenvalue weighted by atomic mass is 9.90. The summed E-state index contributed by atoms with van der Waals surface area (Å²) in [7, 11) is -3.34. The highest BCUT2D eigenvalue weighted by Gasteiger charge is 2.41. The van der Waals surface area contributed by atoms with E-state index < -0.39 is 15.1 Å². The molecular weight excluding hydrogens is 260 g/mol. The fourth-order valence-electron chi connectivity index (χ4n) is 3.06. The molecule has 0 spiro atoms. The molecule has 0 aliphatic heterocycles. The number of hydrogen-bond acceptors (Lipinski definition) is 3. The predicted octanol–water partition coefficient (Wildman–Crippen LogP) is 2.38. The summed E-state index contributed by atoms with van der Waals surface area (Å²) >= 11 is 0. The number of ketones is 1. The third-order valence-electron chi connectivity index (χ3n) is 4.16. The van der Waals surface area contributed by atoms with Crippen molar-refractivity contribution < 1.29 is 13.2 Å². The smallest absolute Gasteiger partial charge is 0.181 e. The highest BCUT2D eigenvalue weighted by atomic mass is 32.2. The SMILES string of the molecule is O=C1CC[C@H]2C=C[C@@H]1C[C@H]2S(=O)(=O)c1ccccc1. The molecule has 3 atom stereocenters. The molecule has 4 rings (SSSR count). The van der Waals surface area contributed by atoms with Crippen molar-refractivity contribution in [1.29, 1.82) is 0 Å². The lowest BCUT2D eigenvalue weighted by molar-refractivity contribution is -0.121. The van der Waals surface area contributed by atoms with Gasteiger partial charge in [-0.15, -0.1) is 0 Å². The van der Waals surface area contributed by atoms with Crippen molar-refractivity contribution in [3.8, 4) is 0 Å². The van der Waals surface area contributed by atoms with Gasteiger partial charge >= 0.3 is 0 Å². The fraction of sp³-hybridized carbons (Fsp3) is 0.400. The average molecular weight is 276 g/mol. The Hall–Kier alpha value is -1.42. The number of allylic oxidation sites excluding steroid dienone is 2. The van der Waals surface area contributed by atoms with Gasteiger partial charge in [0.25, 0.3) is 0 Å². The van der Waals surface area contributed by atoms with Gasteiger partial charge in [-0.05, 0) is 30.9 Å². The second-order valence-corrected chi connectivity index (χ2v) is 7.46. The van der Waals surface area contributed by atoms with Crippen molar-refractivity contribution in [1.82, 2.24) is 0 Å². The van der Waals surface area contributed by atoms with Gasteiger partial charge < -0.3 is 0 Å². The molecule has 3 aliphatic rings. The Morgan fingerprint density at radius 1 is 1.05 bits per heavy atom. The van der Waals surface area contributed by atoms with Gasteiger partial charge in [-0.2, -0.15) is 0 Å². The minimum Gasteiger partial charge on any atom is -0.299 e. The Morgan fingerprint density at radius 3 is 2.53 bits per heavy atom. The first-order valence-corrected chi connectivity index (χ1v) is 8.13. The van der Waals surface area contributed by atoms with Crippen LogP contribution in [0.1, 0.15) is 19.3 Å². The molecule has 0 unspecified atom stereocenters. The molecule has 0 N–H and O–H groups in total. The molecule has 0 saturated heterocycles. The first-order chi connectivity index (χ1) is 9.09. The summed E-state index contributed by atoms with van der Waals surface area (Å²) in [4.78, 5) is 12.2. The van der Waals surface area contributed by atoms with Crippen molar-refractivity contribution in [2.24, 2.45) is 11.8 Å². The molecule has 19 heavy (non-hydrogen) atoms. The molecule has 3 nitrogen and oxygen atoms in total. The molecule has 100 valence electrons. The van der Waals surface area contributed by atoms with Crippen molar-refractivity contribution in [2.45, 2.75) is 29.4 Å². The summed E-state index contributed by atoms with van der Waals surface area (Å²) in [5.41, 5.74) is 0. The molecule has 4 heteroatoms. The standard InChI is InChI=1S/C15H16O3S/c16-14-9-8-11-6-7-12(14)10-15(11)19(17,18)13-4-2-1-3-5-13/h1-7,11-12,15H,8-10H2/t11-,12-,15-/m1/s1. The van der Waals surface area contributed by atoms with E-state index in [1.807, 2.05) is 18.2 Å². The zero-order chi connectivity index (χ0) is 13.5. The molecule has 1 aromatic carbocycles. The summed E-state index contributed by atoms with van der Waals surface area (Å²) in [5.74, 6) is -0.0420. The van der Waals surface area contributed by atoms with E-state index in [-0.39, 0.29) is 17.6 Å². The summed E-state index contributed by atoms with van der Waals surface area (Å²) in [6.45, 7) is 0. The third kappa shape index (κ3) is 2.14. The lowest BCUT2D eigenvalue weighted by Crippen LogP contribution is -2.32. The van der Waals surface area contributed by atoms with Gasteiger partial charge in [0.05, 0.1) is 10.1 Å². The summed E-state index contributed by atoms with van der Waals surface area (Å²) in [6, 6.07) is 8.56. The number of Topliss-reactive ketones (excluding diaryl/α,β-unsaturated/α-hetero) is 1. The summed E-state index contributed by atoms with van der Waals surface area (Å²) < 4.78 is 25.4. The second-order valence-electron chi connectivity index (χ2n) is 5.29.